The minimum Gasteiger partial charge on any atom is -0.496 e. The van der Waals surface area contributed by atoms with E-state index in [9.17, 15) is 22.7 Å². The van der Waals surface area contributed by atoms with Gasteiger partial charge in [0.15, 0.2) is 0 Å². The Morgan fingerprint density at radius 1 is 0.882 bits per heavy atom. The molecule has 0 spiro atoms. The topological polar surface area (TPSA) is 47.3 Å². The molecule has 1 aromatic heterocycles. The summed E-state index contributed by atoms with van der Waals surface area (Å²) in [6.07, 6.45) is -3.66. The van der Waals surface area contributed by atoms with E-state index in [1.54, 1.807) is 24.3 Å². The van der Waals surface area contributed by atoms with Gasteiger partial charge < -0.3 is 9.84 Å². The number of ether oxygens (including phenoxy) is 1. The summed E-state index contributed by atoms with van der Waals surface area (Å²) in [7, 11) is 1.26. The molecular formula is C26H18F4N2O2. The van der Waals surface area contributed by atoms with Crippen LogP contribution in [-0.4, -0.2) is 28.2 Å². The molecule has 34 heavy (non-hydrogen) atoms. The van der Waals surface area contributed by atoms with Gasteiger partial charge in [0.1, 0.15) is 11.6 Å². The molecule has 1 N–H and O–H groups in total. The fourth-order valence-corrected chi connectivity index (χ4v) is 4.29. The van der Waals surface area contributed by atoms with Crippen LogP contribution in [0.3, 0.4) is 0 Å². The number of rotatable bonds is 4. The fourth-order valence-electron chi connectivity index (χ4n) is 4.29. The largest absolute Gasteiger partial charge is 0.496 e. The third kappa shape index (κ3) is 3.30. The number of hydrogen-bond acceptors (Lipinski definition) is 3. The Bertz CT molecular complexity index is 1510. The van der Waals surface area contributed by atoms with Crippen LogP contribution in [0.25, 0.3) is 27.4 Å². The van der Waals surface area contributed by atoms with Gasteiger partial charge in [0.05, 0.1) is 24.5 Å². The van der Waals surface area contributed by atoms with Crippen LogP contribution in [0.4, 0.5) is 17.6 Å². The van der Waals surface area contributed by atoms with Crippen LogP contribution >= 0.6 is 0 Å². The highest BCUT2D eigenvalue weighted by Crippen LogP contribution is 2.50. The van der Waals surface area contributed by atoms with Gasteiger partial charge in [0.25, 0.3) is 0 Å². The first-order valence-corrected chi connectivity index (χ1v) is 10.3. The van der Waals surface area contributed by atoms with E-state index in [0.29, 0.717) is 22.0 Å². The smallest absolute Gasteiger partial charge is 0.425 e. The van der Waals surface area contributed by atoms with Gasteiger partial charge in [-0.1, -0.05) is 36.4 Å². The maximum Gasteiger partial charge on any atom is 0.425 e. The molecule has 1 heterocycles. The van der Waals surface area contributed by atoms with Gasteiger partial charge in [0, 0.05) is 10.9 Å². The summed E-state index contributed by atoms with van der Waals surface area (Å²) in [5.41, 5.74) is -3.06. The minimum atomic E-state index is -5.06. The Kier molecular flexibility index (Phi) is 5.06. The van der Waals surface area contributed by atoms with E-state index >= 15 is 0 Å². The van der Waals surface area contributed by atoms with Gasteiger partial charge >= 0.3 is 6.18 Å². The van der Waals surface area contributed by atoms with Gasteiger partial charge in [0.2, 0.25) is 5.60 Å². The van der Waals surface area contributed by atoms with E-state index in [2.05, 4.69) is 5.10 Å². The number of fused-ring (bicyclic) bond motifs is 2. The Morgan fingerprint density at radius 2 is 1.62 bits per heavy atom. The van der Waals surface area contributed by atoms with Crippen LogP contribution in [0, 0.1) is 5.82 Å². The summed E-state index contributed by atoms with van der Waals surface area (Å²) in [6.45, 7) is 0. The van der Waals surface area contributed by atoms with Crippen molar-refractivity contribution in [2.45, 2.75) is 11.8 Å². The lowest BCUT2D eigenvalue weighted by Gasteiger charge is -2.33. The number of aliphatic hydroxyl groups is 1. The molecule has 172 valence electrons. The summed E-state index contributed by atoms with van der Waals surface area (Å²) in [6, 6.07) is 19.1. The normalized spacial score (nSPS) is 13.8. The van der Waals surface area contributed by atoms with Crippen molar-refractivity contribution in [3.63, 3.8) is 0 Å². The second-order valence-electron chi connectivity index (χ2n) is 7.88. The first-order valence-electron chi connectivity index (χ1n) is 10.3. The van der Waals surface area contributed by atoms with E-state index in [-0.39, 0.29) is 22.3 Å². The van der Waals surface area contributed by atoms with E-state index in [1.165, 1.54) is 72.6 Å². The SMILES string of the molecule is COc1ccc2ccccc2c1C(O)(c1ccc2c(cnn2-c2ccc(F)cc2)c1)C(F)(F)F. The van der Waals surface area contributed by atoms with Crippen molar-refractivity contribution in [3.8, 4) is 11.4 Å². The lowest BCUT2D eigenvalue weighted by molar-refractivity contribution is -0.248. The average Bonchev–Trinajstić information content (AvgIpc) is 3.26. The number of methoxy groups -OCH3 is 1. The molecule has 8 heteroatoms. The van der Waals surface area contributed by atoms with Crippen molar-refractivity contribution in [1.82, 2.24) is 9.78 Å². The van der Waals surface area contributed by atoms with Crippen LogP contribution < -0.4 is 4.74 Å². The molecule has 0 fully saturated rings. The second kappa shape index (κ2) is 7.85. The highest BCUT2D eigenvalue weighted by molar-refractivity contribution is 5.90. The molecule has 4 aromatic carbocycles. The standard InChI is InChI=1S/C26H18F4N2O2/c1-34-23-13-6-16-4-2-3-5-21(16)24(23)25(33,26(28,29)30)18-7-12-22-17(14-18)15-31-32(22)20-10-8-19(27)9-11-20/h2-15,33H,1H3. The lowest BCUT2D eigenvalue weighted by Crippen LogP contribution is -2.43. The maximum atomic E-state index is 14.7. The fraction of sp³-hybridized carbons (Fsp3) is 0.115. The Labute approximate surface area is 191 Å². The molecule has 5 aromatic rings. The average molecular weight is 466 g/mol. The van der Waals surface area contributed by atoms with Crippen molar-refractivity contribution < 1.29 is 27.4 Å². The highest BCUT2D eigenvalue weighted by Gasteiger charge is 2.58. The molecule has 0 amide bonds. The molecule has 4 nitrogen and oxygen atoms in total. The molecule has 1 atom stereocenters. The molecule has 5 rings (SSSR count). The lowest BCUT2D eigenvalue weighted by atomic mass is 9.82. The van der Waals surface area contributed by atoms with Crippen molar-refractivity contribution >= 4 is 21.7 Å². The Hall–Kier alpha value is -3.91. The summed E-state index contributed by atoms with van der Waals surface area (Å²) < 4.78 is 64.1. The molecule has 0 aliphatic rings. The van der Waals surface area contributed by atoms with Gasteiger partial charge in [-0.05, 0) is 58.8 Å². The Balaban J connectivity index is 1.75. The maximum absolute atomic E-state index is 14.7. The second-order valence-corrected chi connectivity index (χ2v) is 7.88. The monoisotopic (exact) mass is 466 g/mol. The summed E-state index contributed by atoms with van der Waals surface area (Å²) >= 11 is 0. The molecular weight excluding hydrogens is 448 g/mol. The van der Waals surface area contributed by atoms with Crippen LogP contribution in [0.1, 0.15) is 11.1 Å². The predicted octanol–water partition coefficient (Wildman–Crippen LogP) is 6.12. The molecule has 0 aliphatic carbocycles. The highest BCUT2D eigenvalue weighted by atomic mass is 19.4. The van der Waals surface area contributed by atoms with Crippen molar-refractivity contribution in [2.75, 3.05) is 7.11 Å². The summed E-state index contributed by atoms with van der Waals surface area (Å²) in [4.78, 5) is 0. The molecule has 0 radical (unpaired) electrons. The van der Waals surface area contributed by atoms with E-state index in [4.69, 9.17) is 4.74 Å². The number of hydrogen-bond donors (Lipinski definition) is 1. The number of halogens is 4. The molecule has 0 saturated carbocycles. The van der Waals surface area contributed by atoms with Gasteiger partial charge in [-0.2, -0.15) is 18.3 Å². The minimum absolute atomic E-state index is 0.0828. The van der Waals surface area contributed by atoms with E-state index in [0.717, 1.165) is 0 Å². The van der Waals surface area contributed by atoms with Gasteiger partial charge in [-0.3, -0.25) is 0 Å². The first kappa shape index (κ1) is 21.9. The van der Waals surface area contributed by atoms with Gasteiger partial charge in [-0.25, -0.2) is 9.07 Å². The molecule has 0 aliphatic heterocycles. The van der Waals surface area contributed by atoms with Crippen LogP contribution in [0.15, 0.2) is 85.1 Å². The Morgan fingerprint density at radius 3 is 2.32 bits per heavy atom. The zero-order chi connectivity index (χ0) is 24.1. The quantitative estimate of drug-likeness (QED) is 0.325. The zero-order valence-electron chi connectivity index (χ0n) is 17.8. The number of nitrogens with zero attached hydrogens (tertiary/aromatic N) is 2. The first-order chi connectivity index (χ1) is 16.2. The summed E-state index contributed by atoms with van der Waals surface area (Å²) in [5, 5.41) is 16.8. The number of aromatic nitrogens is 2. The third-order valence-corrected chi connectivity index (χ3v) is 5.94. The molecule has 0 bridgehead atoms. The van der Waals surface area contributed by atoms with Crippen molar-refractivity contribution in [3.05, 3.63) is 102 Å². The van der Waals surface area contributed by atoms with Crippen LogP contribution in [0.2, 0.25) is 0 Å². The van der Waals surface area contributed by atoms with Crippen LogP contribution in [-0.2, 0) is 5.60 Å². The van der Waals surface area contributed by atoms with Crippen molar-refractivity contribution in [2.24, 2.45) is 0 Å². The van der Waals surface area contributed by atoms with E-state index < -0.39 is 17.6 Å². The number of alkyl halides is 3. The van der Waals surface area contributed by atoms with Crippen molar-refractivity contribution in [1.29, 1.82) is 0 Å². The third-order valence-electron chi connectivity index (χ3n) is 5.94. The van der Waals surface area contributed by atoms with Crippen LogP contribution in [0.5, 0.6) is 5.75 Å². The van der Waals surface area contributed by atoms with E-state index in [1.807, 2.05) is 0 Å². The number of benzene rings is 4. The summed E-state index contributed by atoms with van der Waals surface area (Å²) in [5.74, 6) is -0.498. The van der Waals surface area contributed by atoms with Gasteiger partial charge in [-0.15, -0.1) is 0 Å². The predicted molar refractivity (Wildman–Crippen MR) is 121 cm³/mol. The molecule has 1 unspecified atom stereocenters. The zero-order valence-corrected chi connectivity index (χ0v) is 17.8. The molecule has 0 saturated heterocycles.